The SMILES string of the molecule is CC(=O)OC1CCc2cc(-c3cnc(CC4(C)CCCC4)o3)c(-c3cnc4c(c3)C(=O)N(COCC[Si](C)(C)C)C4)nc21. The number of amides is 1. The van der Waals surface area contributed by atoms with Crippen LogP contribution in [0.4, 0.5) is 0 Å². The van der Waals surface area contributed by atoms with Crippen molar-refractivity contribution in [3.63, 3.8) is 0 Å². The number of carbonyl (C=O) groups is 2. The molecule has 3 aromatic heterocycles. The fourth-order valence-corrected chi connectivity index (χ4v) is 7.25. The maximum absolute atomic E-state index is 13.4. The van der Waals surface area contributed by atoms with Crippen LogP contribution >= 0.6 is 0 Å². The lowest BCUT2D eigenvalue weighted by atomic mass is 9.85. The number of aromatic nitrogens is 3. The summed E-state index contributed by atoms with van der Waals surface area (Å²) >= 11 is 0. The Bertz CT molecular complexity index is 1540. The number of aryl methyl sites for hydroxylation is 1. The van der Waals surface area contributed by atoms with Crippen LogP contribution in [0.5, 0.6) is 0 Å². The van der Waals surface area contributed by atoms with E-state index >= 15 is 0 Å². The number of carbonyl (C=O) groups excluding carboxylic acids is 2. The highest BCUT2D eigenvalue weighted by molar-refractivity contribution is 6.76. The molecule has 228 valence electrons. The second kappa shape index (κ2) is 11.6. The van der Waals surface area contributed by atoms with Gasteiger partial charge in [0.1, 0.15) is 12.8 Å². The van der Waals surface area contributed by atoms with Crippen LogP contribution in [0.1, 0.15) is 85.3 Å². The van der Waals surface area contributed by atoms with Crippen molar-refractivity contribution in [1.82, 2.24) is 19.9 Å². The summed E-state index contributed by atoms with van der Waals surface area (Å²) in [5, 5.41) is 0. The third-order valence-corrected chi connectivity index (χ3v) is 10.7. The van der Waals surface area contributed by atoms with Gasteiger partial charge in [0.25, 0.3) is 5.91 Å². The lowest BCUT2D eigenvalue weighted by molar-refractivity contribution is -0.146. The first-order valence-corrected chi connectivity index (χ1v) is 19.2. The maximum Gasteiger partial charge on any atom is 0.303 e. The fourth-order valence-electron chi connectivity index (χ4n) is 6.50. The molecule has 1 atom stereocenters. The molecule has 3 aliphatic rings. The molecular weight excluding hydrogens is 560 g/mol. The topological polar surface area (TPSA) is 108 Å². The highest BCUT2D eigenvalue weighted by atomic mass is 28.3. The van der Waals surface area contributed by atoms with Crippen LogP contribution in [0, 0.1) is 5.41 Å². The minimum absolute atomic E-state index is 0.0930. The number of fused-ring (bicyclic) bond motifs is 2. The van der Waals surface area contributed by atoms with Crippen LogP contribution < -0.4 is 0 Å². The molecule has 1 unspecified atom stereocenters. The summed E-state index contributed by atoms with van der Waals surface area (Å²) in [4.78, 5) is 41.3. The number of hydrogen-bond acceptors (Lipinski definition) is 8. The predicted molar refractivity (Wildman–Crippen MR) is 165 cm³/mol. The average molecular weight is 603 g/mol. The molecular formula is C33H42N4O5Si. The second-order valence-electron chi connectivity index (χ2n) is 13.9. The third kappa shape index (κ3) is 6.45. The summed E-state index contributed by atoms with van der Waals surface area (Å²) in [5.41, 5.74) is 5.43. The van der Waals surface area contributed by atoms with Crippen LogP contribution in [0.25, 0.3) is 22.6 Å². The molecule has 0 N–H and O–H groups in total. The summed E-state index contributed by atoms with van der Waals surface area (Å²) in [6.45, 7) is 12.0. The maximum atomic E-state index is 13.4. The van der Waals surface area contributed by atoms with Crippen molar-refractivity contribution in [2.24, 2.45) is 5.41 Å². The quantitative estimate of drug-likeness (QED) is 0.143. The Morgan fingerprint density at radius 1 is 1.14 bits per heavy atom. The van der Waals surface area contributed by atoms with Gasteiger partial charge in [0.05, 0.1) is 35.4 Å². The van der Waals surface area contributed by atoms with Gasteiger partial charge >= 0.3 is 5.97 Å². The first-order chi connectivity index (χ1) is 20.5. The minimum Gasteiger partial charge on any atom is -0.456 e. The van der Waals surface area contributed by atoms with E-state index in [1.165, 1.54) is 32.6 Å². The van der Waals surface area contributed by atoms with E-state index in [-0.39, 0.29) is 24.0 Å². The number of esters is 1. The second-order valence-corrected chi connectivity index (χ2v) is 19.6. The number of rotatable bonds is 10. The van der Waals surface area contributed by atoms with Crippen molar-refractivity contribution in [1.29, 1.82) is 0 Å². The molecule has 4 heterocycles. The molecule has 2 aliphatic carbocycles. The van der Waals surface area contributed by atoms with E-state index in [9.17, 15) is 9.59 Å². The molecule has 6 rings (SSSR count). The summed E-state index contributed by atoms with van der Waals surface area (Å²) < 4.78 is 17.9. The van der Waals surface area contributed by atoms with Crippen molar-refractivity contribution in [2.45, 2.75) is 97.1 Å². The number of pyridine rings is 2. The number of nitrogens with zero attached hydrogens (tertiary/aromatic N) is 4. The van der Waals surface area contributed by atoms with E-state index in [0.29, 0.717) is 42.2 Å². The first kappa shape index (κ1) is 29.7. The minimum atomic E-state index is -1.21. The fraction of sp³-hybridized carbons (Fsp3) is 0.545. The lowest BCUT2D eigenvalue weighted by Crippen LogP contribution is -2.28. The summed E-state index contributed by atoms with van der Waals surface area (Å²) in [6.07, 6.45) is 10.2. The monoisotopic (exact) mass is 602 g/mol. The molecule has 0 saturated heterocycles. The molecule has 43 heavy (non-hydrogen) atoms. The average Bonchev–Trinajstić information content (AvgIpc) is 3.73. The highest BCUT2D eigenvalue weighted by Crippen LogP contribution is 2.43. The largest absolute Gasteiger partial charge is 0.456 e. The Morgan fingerprint density at radius 2 is 1.93 bits per heavy atom. The summed E-state index contributed by atoms with van der Waals surface area (Å²) in [6, 6.07) is 5.00. The third-order valence-electron chi connectivity index (χ3n) is 8.98. The zero-order valence-corrected chi connectivity index (χ0v) is 27.0. The van der Waals surface area contributed by atoms with Crippen LogP contribution in [-0.4, -0.2) is 53.1 Å². The van der Waals surface area contributed by atoms with Gasteiger partial charge in [-0.3, -0.25) is 14.6 Å². The molecule has 0 radical (unpaired) electrons. The van der Waals surface area contributed by atoms with Gasteiger partial charge in [-0.05, 0) is 54.8 Å². The molecule has 9 nitrogen and oxygen atoms in total. The highest BCUT2D eigenvalue weighted by Gasteiger charge is 2.34. The Balaban J connectivity index is 1.31. The summed E-state index contributed by atoms with van der Waals surface area (Å²) in [5.74, 6) is 0.949. The molecule has 1 fully saturated rings. The van der Waals surface area contributed by atoms with Crippen molar-refractivity contribution in [3.05, 3.63) is 52.9 Å². The van der Waals surface area contributed by atoms with Gasteiger partial charge in [-0.25, -0.2) is 9.97 Å². The molecule has 0 bridgehead atoms. The smallest absolute Gasteiger partial charge is 0.303 e. The van der Waals surface area contributed by atoms with E-state index in [4.69, 9.17) is 23.9 Å². The Labute approximate surface area is 254 Å². The molecule has 0 spiro atoms. The number of ether oxygens (including phenoxy) is 2. The zero-order valence-electron chi connectivity index (χ0n) is 26.0. The molecule has 10 heteroatoms. The van der Waals surface area contributed by atoms with Crippen LogP contribution in [0.3, 0.4) is 0 Å². The van der Waals surface area contributed by atoms with E-state index in [2.05, 4.69) is 37.6 Å². The van der Waals surface area contributed by atoms with Crippen molar-refractivity contribution < 1.29 is 23.5 Å². The molecule has 0 aromatic carbocycles. The normalized spacial score (nSPS) is 19.1. The zero-order chi connectivity index (χ0) is 30.4. The molecule has 1 amide bonds. The van der Waals surface area contributed by atoms with Gasteiger partial charge in [0, 0.05) is 45.3 Å². The van der Waals surface area contributed by atoms with Gasteiger partial charge in [-0.1, -0.05) is 39.4 Å². The Morgan fingerprint density at radius 3 is 2.67 bits per heavy atom. The summed E-state index contributed by atoms with van der Waals surface area (Å²) in [7, 11) is -1.21. The van der Waals surface area contributed by atoms with Crippen molar-refractivity contribution in [3.8, 4) is 22.6 Å². The van der Waals surface area contributed by atoms with Crippen molar-refractivity contribution >= 4 is 20.0 Å². The van der Waals surface area contributed by atoms with Crippen LogP contribution in [0.15, 0.2) is 28.9 Å². The van der Waals surface area contributed by atoms with E-state index in [1.807, 2.05) is 6.07 Å². The first-order valence-electron chi connectivity index (χ1n) is 15.5. The van der Waals surface area contributed by atoms with Crippen LogP contribution in [0.2, 0.25) is 25.7 Å². The number of hydrogen-bond donors (Lipinski definition) is 0. The predicted octanol–water partition coefficient (Wildman–Crippen LogP) is 6.74. The van der Waals surface area contributed by atoms with Crippen LogP contribution in [-0.2, 0) is 33.7 Å². The van der Waals surface area contributed by atoms with Gasteiger partial charge in [-0.15, -0.1) is 0 Å². The van der Waals surface area contributed by atoms with Gasteiger partial charge in [-0.2, -0.15) is 0 Å². The molecule has 1 saturated carbocycles. The Kier molecular flexibility index (Phi) is 8.02. The number of oxazole rings is 1. The lowest BCUT2D eigenvalue weighted by Gasteiger charge is -2.20. The standard InChI is InChI=1S/C33H42N4O5Si/c1-21(38)41-27-9-8-22-14-25(28-18-35-29(42-28)16-33(2)10-6-7-11-33)30(36-31(22)27)23-15-24-26(34-17-23)19-37(32(24)39)20-40-12-13-43(3,4)5/h14-15,17-18,27H,6-13,16,19-20H2,1-5H3. The van der Waals surface area contributed by atoms with E-state index in [1.54, 1.807) is 17.3 Å². The molecule has 3 aromatic rings. The van der Waals surface area contributed by atoms with Gasteiger partial charge in [0.15, 0.2) is 11.7 Å². The molecule has 1 aliphatic heterocycles. The Hall–Kier alpha value is -3.37. The van der Waals surface area contributed by atoms with Crippen molar-refractivity contribution in [2.75, 3.05) is 13.3 Å². The van der Waals surface area contributed by atoms with E-state index in [0.717, 1.165) is 47.3 Å². The van der Waals surface area contributed by atoms with Gasteiger partial charge in [0.2, 0.25) is 0 Å². The van der Waals surface area contributed by atoms with E-state index < -0.39 is 14.2 Å². The van der Waals surface area contributed by atoms with Gasteiger partial charge < -0.3 is 18.8 Å².